The summed E-state index contributed by atoms with van der Waals surface area (Å²) in [6.45, 7) is 12.8. The van der Waals surface area contributed by atoms with Gasteiger partial charge in [-0.1, -0.05) is 69.5 Å². The molecule has 29 heavy (non-hydrogen) atoms. The Labute approximate surface area is 190 Å². The Morgan fingerprint density at radius 2 is 1.31 bits per heavy atom. The van der Waals surface area contributed by atoms with Crippen molar-refractivity contribution in [3.05, 3.63) is 83.9 Å². The Morgan fingerprint density at radius 3 is 1.62 bits per heavy atom. The van der Waals surface area contributed by atoms with Gasteiger partial charge >= 0.3 is 53.0 Å². The van der Waals surface area contributed by atoms with Crippen LogP contribution in [0.15, 0.2) is 72.8 Å². The van der Waals surface area contributed by atoms with Gasteiger partial charge in [0.1, 0.15) is 0 Å². The molecule has 0 fully saturated rings. The van der Waals surface area contributed by atoms with E-state index >= 15 is 0 Å². The van der Waals surface area contributed by atoms with Gasteiger partial charge in [0, 0.05) is 0 Å². The molecule has 0 nitrogen and oxygen atoms in total. The number of aryl methyl sites for hydroxylation is 1. The van der Waals surface area contributed by atoms with E-state index in [1.54, 1.807) is 0 Å². The molecule has 0 unspecified atom stereocenters. The van der Waals surface area contributed by atoms with Crippen LogP contribution in [0.25, 0.3) is 21.5 Å². The zero-order valence-corrected chi connectivity index (χ0v) is 22.2. The molecule has 154 valence electrons. The van der Waals surface area contributed by atoms with Crippen molar-refractivity contribution >= 4 is 41.8 Å². The fraction of sp³-hybridized carbons (Fsp3) is 0.269. The van der Waals surface area contributed by atoms with Crippen molar-refractivity contribution in [2.24, 2.45) is 0 Å². The standard InChI is InChI=1S/C13H9.C10H15.C3H6.2ClH.Zr/c1-3-7-12-10(5-1)9-11-6-2-4-8-13(11)12;1-8-5-6-9(7-8)10(2,3)4;1-3-2;;;/h1-9H;5-7H,1-4H3;1-2H3;2*1H;/q2*-1;;;;+2/p-2. The molecule has 0 spiro atoms. The molecule has 0 radical (unpaired) electrons. The molecule has 3 heteroatoms. The number of hydrogen-bond acceptors (Lipinski definition) is 0. The third kappa shape index (κ3) is 7.32. The third-order valence-corrected chi connectivity index (χ3v) is 11.0. The van der Waals surface area contributed by atoms with Gasteiger partial charge in [-0.05, 0) is 0 Å². The Balaban J connectivity index is 0.000000168. The molecular formula is C26H30Cl2Zr-2. The molecule has 0 N–H and O–H groups in total. The normalized spacial score (nSPS) is 10.8. The summed E-state index contributed by atoms with van der Waals surface area (Å²) in [6, 6.07) is 25.9. The smallest absolute Gasteiger partial charge is 0.0635 e. The van der Waals surface area contributed by atoms with Gasteiger partial charge in [-0.25, -0.2) is 6.07 Å². The monoisotopic (exact) mass is 502 g/mol. The zero-order valence-electron chi connectivity index (χ0n) is 18.2. The van der Waals surface area contributed by atoms with Crippen molar-refractivity contribution in [3.8, 4) is 0 Å². The average Bonchev–Trinajstić information content (AvgIpc) is 3.26. The number of rotatable bonds is 0. The Bertz CT molecular complexity index is 1020. The van der Waals surface area contributed by atoms with E-state index in [2.05, 4.69) is 100 Å². The van der Waals surface area contributed by atoms with Crippen LogP contribution in [0.2, 0.25) is 0 Å². The number of fused-ring (bicyclic) bond motifs is 3. The molecule has 0 amide bonds. The molecule has 0 saturated carbocycles. The fourth-order valence-electron chi connectivity index (χ4n) is 2.93. The topological polar surface area (TPSA) is 0 Å². The maximum absolute atomic E-state index is 5.54. The van der Waals surface area contributed by atoms with Crippen molar-refractivity contribution in [1.82, 2.24) is 0 Å². The van der Waals surface area contributed by atoms with Crippen LogP contribution in [0, 0.1) is 6.92 Å². The van der Waals surface area contributed by atoms with Crippen molar-refractivity contribution in [3.63, 3.8) is 0 Å². The first kappa shape index (κ1) is 24.3. The van der Waals surface area contributed by atoms with Gasteiger partial charge in [0.2, 0.25) is 0 Å². The number of halogens is 2. The van der Waals surface area contributed by atoms with Gasteiger partial charge in [-0.3, -0.25) is 0 Å². The third-order valence-electron chi connectivity index (χ3n) is 4.68. The molecule has 0 saturated heterocycles. The van der Waals surface area contributed by atoms with Crippen LogP contribution in [0.1, 0.15) is 45.7 Å². The summed E-state index contributed by atoms with van der Waals surface area (Å²) in [7, 11) is 11.1. The molecule has 0 aliphatic rings. The second-order valence-corrected chi connectivity index (χ2v) is 17.9. The maximum Gasteiger partial charge on any atom is -0.0635 e. The van der Waals surface area contributed by atoms with Gasteiger partial charge < -0.3 is 0 Å². The van der Waals surface area contributed by atoms with E-state index in [4.69, 9.17) is 17.0 Å². The van der Waals surface area contributed by atoms with Crippen LogP contribution in [0.4, 0.5) is 0 Å². The predicted molar refractivity (Wildman–Crippen MR) is 131 cm³/mol. The van der Waals surface area contributed by atoms with E-state index in [0.717, 1.165) is 0 Å². The van der Waals surface area contributed by atoms with Gasteiger partial charge in [0.05, 0.1) is 0 Å². The van der Waals surface area contributed by atoms with Gasteiger partial charge in [0.15, 0.2) is 0 Å². The molecule has 4 aromatic rings. The summed E-state index contributed by atoms with van der Waals surface area (Å²) >= 11 is -1.84. The molecule has 0 aliphatic heterocycles. The molecule has 0 aromatic heterocycles. The number of benzene rings is 2. The molecule has 0 heterocycles. The maximum atomic E-state index is 5.54. The summed E-state index contributed by atoms with van der Waals surface area (Å²) in [5.74, 6) is 0. The van der Waals surface area contributed by atoms with E-state index in [1.165, 1.54) is 35.9 Å². The molecule has 0 bridgehead atoms. The number of hydrogen-bond donors (Lipinski definition) is 0. The largest absolute Gasteiger partial charge is 0.207 e. The van der Waals surface area contributed by atoms with E-state index in [9.17, 15) is 0 Å². The van der Waals surface area contributed by atoms with Gasteiger partial charge in [0.25, 0.3) is 0 Å². The predicted octanol–water partition coefficient (Wildman–Crippen LogP) is 8.85. The SMILES string of the molecule is C[C](C)=[Zr]([Cl])[Cl].Cc1cc(C(C)(C)C)c[cH-]1.c1ccc2c(c1)[cH-]c1ccccc12. The molecule has 0 aliphatic carbocycles. The van der Waals surface area contributed by atoms with Crippen LogP contribution >= 0.6 is 17.0 Å². The summed E-state index contributed by atoms with van der Waals surface area (Å²) in [5.41, 5.74) is 3.11. The second kappa shape index (κ2) is 10.9. The summed E-state index contributed by atoms with van der Waals surface area (Å²) in [4.78, 5) is 0. The fourth-order valence-corrected chi connectivity index (χ4v) is 2.93. The zero-order chi connectivity index (χ0) is 21.6. The van der Waals surface area contributed by atoms with Crippen LogP contribution in [0.3, 0.4) is 0 Å². The molecule has 0 atom stereocenters. The first-order valence-electron chi connectivity index (χ1n) is 9.85. The minimum Gasteiger partial charge on any atom is -0.207 e. The minimum absolute atomic E-state index is 0.314. The Kier molecular flexibility index (Phi) is 9.08. The van der Waals surface area contributed by atoms with Crippen LogP contribution < -0.4 is 0 Å². The van der Waals surface area contributed by atoms with Crippen LogP contribution in [0.5, 0.6) is 0 Å². The van der Waals surface area contributed by atoms with Crippen molar-refractivity contribution in [2.45, 2.75) is 47.0 Å². The van der Waals surface area contributed by atoms with Crippen LogP contribution in [-0.2, 0) is 24.3 Å². The van der Waals surface area contributed by atoms with Crippen molar-refractivity contribution in [2.75, 3.05) is 0 Å². The van der Waals surface area contributed by atoms with E-state index in [1.807, 2.05) is 13.8 Å². The van der Waals surface area contributed by atoms with Crippen LogP contribution in [-0.4, -0.2) is 3.21 Å². The first-order chi connectivity index (χ1) is 13.6. The molecule has 4 rings (SSSR count). The minimum atomic E-state index is -1.84. The van der Waals surface area contributed by atoms with E-state index < -0.39 is 18.9 Å². The summed E-state index contributed by atoms with van der Waals surface area (Å²) in [5, 5.41) is 5.39. The quantitative estimate of drug-likeness (QED) is 0.210. The van der Waals surface area contributed by atoms with Crippen molar-refractivity contribution in [1.29, 1.82) is 0 Å². The van der Waals surface area contributed by atoms with Crippen molar-refractivity contribution < 1.29 is 18.9 Å². The average molecular weight is 505 g/mol. The van der Waals surface area contributed by atoms with Gasteiger partial charge in [-0.2, -0.15) is 23.3 Å². The van der Waals surface area contributed by atoms with E-state index in [0.29, 0.717) is 5.41 Å². The second-order valence-electron chi connectivity index (χ2n) is 8.51. The van der Waals surface area contributed by atoms with Gasteiger partial charge in [-0.15, -0.1) is 39.7 Å². The summed E-state index contributed by atoms with van der Waals surface area (Å²) < 4.78 is 1.24. The first-order valence-corrected chi connectivity index (χ1v) is 17.4. The molecule has 4 aromatic carbocycles. The Hall–Kier alpha value is -1.01. The molecular weight excluding hydrogens is 474 g/mol. The Morgan fingerprint density at radius 1 is 0.862 bits per heavy atom. The van der Waals surface area contributed by atoms with E-state index in [-0.39, 0.29) is 0 Å². The summed E-state index contributed by atoms with van der Waals surface area (Å²) in [6.07, 6.45) is 0.